The molecule has 2 nitrogen and oxygen atoms in total. The first-order valence-corrected chi connectivity index (χ1v) is 6.05. The molecule has 0 aromatic carbocycles. The van der Waals surface area contributed by atoms with E-state index in [0.29, 0.717) is 11.0 Å². The Kier molecular flexibility index (Phi) is 2.74. The molecule has 1 aromatic rings. The van der Waals surface area contributed by atoms with E-state index in [0.717, 1.165) is 13.1 Å². The number of thiocarbonyl (C=S) groups is 1. The Hall–Kier alpha value is -0.610. The van der Waals surface area contributed by atoms with Crippen molar-refractivity contribution in [1.29, 1.82) is 0 Å². The van der Waals surface area contributed by atoms with E-state index >= 15 is 0 Å². The molecule has 1 unspecified atom stereocenters. The molecule has 2 N–H and O–H groups in total. The molecule has 2 heterocycles. The summed E-state index contributed by atoms with van der Waals surface area (Å²) < 4.78 is 0. The van der Waals surface area contributed by atoms with Crippen LogP contribution in [-0.2, 0) is 0 Å². The van der Waals surface area contributed by atoms with Gasteiger partial charge >= 0.3 is 0 Å². The van der Waals surface area contributed by atoms with Crippen LogP contribution in [0.3, 0.4) is 0 Å². The summed E-state index contributed by atoms with van der Waals surface area (Å²) in [6, 6.07) is 2.18. The molecule has 0 spiro atoms. The Balaban J connectivity index is 2.10. The number of hydrogen-bond donors (Lipinski definition) is 1. The number of aryl methyl sites for hydroxylation is 1. The van der Waals surface area contributed by atoms with Crippen molar-refractivity contribution in [2.75, 3.05) is 13.1 Å². The Morgan fingerprint density at radius 1 is 1.71 bits per heavy atom. The molecule has 14 heavy (non-hydrogen) atoms. The molecule has 1 atom stereocenters. The maximum atomic E-state index is 5.61. The Morgan fingerprint density at radius 2 is 2.50 bits per heavy atom. The third kappa shape index (κ3) is 1.77. The van der Waals surface area contributed by atoms with E-state index in [1.54, 1.807) is 0 Å². The fourth-order valence-electron chi connectivity index (χ4n) is 1.98. The molecule has 1 aromatic heterocycles. The lowest BCUT2D eigenvalue weighted by atomic mass is 10.0. The van der Waals surface area contributed by atoms with Gasteiger partial charge in [0.2, 0.25) is 0 Å². The number of hydrogen-bond acceptors (Lipinski definition) is 2. The Morgan fingerprint density at radius 3 is 3.00 bits per heavy atom. The van der Waals surface area contributed by atoms with Gasteiger partial charge in [-0.3, -0.25) is 0 Å². The maximum Gasteiger partial charge on any atom is 0.166 e. The average molecular weight is 226 g/mol. The minimum atomic E-state index is 0.543. The van der Waals surface area contributed by atoms with E-state index < -0.39 is 0 Å². The van der Waals surface area contributed by atoms with Gasteiger partial charge in [-0.15, -0.1) is 11.3 Å². The molecule has 1 aliphatic rings. The lowest BCUT2D eigenvalue weighted by molar-refractivity contribution is 0.515. The fraction of sp³-hybridized carbons (Fsp3) is 0.500. The zero-order chi connectivity index (χ0) is 10.1. The predicted octanol–water partition coefficient (Wildman–Crippen LogP) is 2.09. The molecule has 0 aliphatic carbocycles. The van der Waals surface area contributed by atoms with Gasteiger partial charge in [0, 0.05) is 23.9 Å². The van der Waals surface area contributed by atoms with Crippen molar-refractivity contribution in [2.24, 2.45) is 5.73 Å². The van der Waals surface area contributed by atoms with Gasteiger partial charge in [0.15, 0.2) is 5.11 Å². The van der Waals surface area contributed by atoms with Crippen LogP contribution < -0.4 is 5.73 Å². The third-order valence-corrected chi connectivity index (χ3v) is 4.21. The second-order valence-electron chi connectivity index (χ2n) is 3.74. The minimum absolute atomic E-state index is 0.543. The maximum absolute atomic E-state index is 5.61. The van der Waals surface area contributed by atoms with Crippen molar-refractivity contribution in [3.63, 3.8) is 0 Å². The second-order valence-corrected chi connectivity index (χ2v) is 5.10. The van der Waals surface area contributed by atoms with Crippen LogP contribution in [0.1, 0.15) is 22.8 Å². The minimum Gasteiger partial charge on any atom is -0.376 e. The van der Waals surface area contributed by atoms with E-state index in [-0.39, 0.29) is 0 Å². The molecule has 76 valence electrons. The molecule has 0 radical (unpaired) electrons. The van der Waals surface area contributed by atoms with E-state index in [4.69, 9.17) is 18.0 Å². The fourth-order valence-corrected chi connectivity index (χ4v) is 3.20. The Labute approximate surface area is 93.7 Å². The van der Waals surface area contributed by atoms with Crippen molar-refractivity contribution < 1.29 is 0 Å². The quantitative estimate of drug-likeness (QED) is 0.744. The van der Waals surface area contributed by atoms with E-state index in [9.17, 15) is 0 Å². The van der Waals surface area contributed by atoms with Gasteiger partial charge in [-0.2, -0.15) is 0 Å². The first-order valence-electron chi connectivity index (χ1n) is 4.77. The number of nitrogens with two attached hydrogens (primary N) is 1. The molecule has 0 bridgehead atoms. The zero-order valence-corrected chi connectivity index (χ0v) is 9.83. The van der Waals surface area contributed by atoms with Crippen molar-refractivity contribution in [3.8, 4) is 0 Å². The highest BCUT2D eigenvalue weighted by Crippen LogP contribution is 2.32. The number of likely N-dealkylation sites (tertiary alicyclic amines) is 1. The largest absolute Gasteiger partial charge is 0.376 e. The number of thiophene rings is 1. The smallest absolute Gasteiger partial charge is 0.166 e. The monoisotopic (exact) mass is 226 g/mol. The summed E-state index contributed by atoms with van der Waals surface area (Å²) in [7, 11) is 0. The standard InChI is InChI=1S/C10H14N2S2/c1-7-3-5-14-9(7)8-2-4-12(6-8)10(11)13/h3,5,8H,2,4,6H2,1H3,(H2,11,13). The molecular formula is C10H14N2S2. The number of rotatable bonds is 1. The van der Waals surface area contributed by atoms with E-state index in [1.807, 2.05) is 11.3 Å². The van der Waals surface area contributed by atoms with Crippen LogP contribution in [0.25, 0.3) is 0 Å². The van der Waals surface area contributed by atoms with Crippen LogP contribution in [0.5, 0.6) is 0 Å². The lowest BCUT2D eigenvalue weighted by Crippen LogP contribution is -2.33. The summed E-state index contributed by atoms with van der Waals surface area (Å²) in [5.41, 5.74) is 7.02. The van der Waals surface area contributed by atoms with Crippen LogP contribution in [0, 0.1) is 6.92 Å². The molecule has 4 heteroatoms. The first kappa shape index (κ1) is 9.93. The summed E-state index contributed by atoms with van der Waals surface area (Å²) in [5.74, 6) is 0.636. The van der Waals surface area contributed by atoms with Gasteiger partial charge in [0.1, 0.15) is 0 Å². The van der Waals surface area contributed by atoms with Crippen LogP contribution >= 0.6 is 23.6 Å². The summed E-state index contributed by atoms with van der Waals surface area (Å²) >= 11 is 6.83. The average Bonchev–Trinajstić information content (AvgIpc) is 2.71. The summed E-state index contributed by atoms with van der Waals surface area (Å²) in [4.78, 5) is 3.60. The lowest BCUT2D eigenvalue weighted by Gasteiger charge is -2.15. The zero-order valence-electron chi connectivity index (χ0n) is 8.19. The highest BCUT2D eigenvalue weighted by atomic mass is 32.1. The van der Waals surface area contributed by atoms with Crippen molar-refractivity contribution in [2.45, 2.75) is 19.3 Å². The summed E-state index contributed by atoms with van der Waals surface area (Å²) in [5, 5.41) is 2.70. The van der Waals surface area contributed by atoms with Gasteiger partial charge in [0.25, 0.3) is 0 Å². The molecule has 1 aliphatic heterocycles. The molecule has 1 fully saturated rings. The van der Waals surface area contributed by atoms with Gasteiger partial charge in [-0.05, 0) is 42.6 Å². The molecule has 1 saturated heterocycles. The van der Waals surface area contributed by atoms with Crippen LogP contribution in [-0.4, -0.2) is 23.1 Å². The Bertz CT molecular complexity index is 346. The highest BCUT2D eigenvalue weighted by Gasteiger charge is 2.26. The second kappa shape index (κ2) is 3.87. The third-order valence-electron chi connectivity index (χ3n) is 2.77. The van der Waals surface area contributed by atoms with Crippen LogP contribution in [0.15, 0.2) is 11.4 Å². The summed E-state index contributed by atoms with van der Waals surface area (Å²) in [6.07, 6.45) is 1.18. The molecule has 0 amide bonds. The van der Waals surface area contributed by atoms with Crippen LogP contribution in [0.4, 0.5) is 0 Å². The molecular weight excluding hydrogens is 212 g/mol. The van der Waals surface area contributed by atoms with E-state index in [2.05, 4.69) is 23.3 Å². The molecule has 2 rings (SSSR count). The van der Waals surface area contributed by atoms with Crippen molar-refractivity contribution in [1.82, 2.24) is 4.90 Å². The van der Waals surface area contributed by atoms with Gasteiger partial charge < -0.3 is 10.6 Å². The highest BCUT2D eigenvalue weighted by molar-refractivity contribution is 7.80. The normalized spacial score (nSPS) is 21.5. The van der Waals surface area contributed by atoms with Gasteiger partial charge in [0.05, 0.1) is 0 Å². The van der Waals surface area contributed by atoms with Gasteiger partial charge in [-0.1, -0.05) is 0 Å². The number of nitrogens with zero attached hydrogens (tertiary/aromatic N) is 1. The predicted molar refractivity (Wildman–Crippen MR) is 64.8 cm³/mol. The topological polar surface area (TPSA) is 29.3 Å². The molecule has 0 saturated carbocycles. The van der Waals surface area contributed by atoms with Crippen molar-refractivity contribution >= 4 is 28.7 Å². The van der Waals surface area contributed by atoms with E-state index in [1.165, 1.54) is 16.9 Å². The summed E-state index contributed by atoms with van der Waals surface area (Å²) in [6.45, 7) is 4.18. The first-order chi connectivity index (χ1) is 6.68. The van der Waals surface area contributed by atoms with Gasteiger partial charge in [-0.25, -0.2) is 0 Å². The van der Waals surface area contributed by atoms with Crippen LogP contribution in [0.2, 0.25) is 0 Å². The SMILES string of the molecule is Cc1ccsc1C1CCN(C(N)=S)C1. The van der Waals surface area contributed by atoms with Crippen molar-refractivity contribution in [3.05, 3.63) is 21.9 Å².